The molecule has 0 unspecified atom stereocenters. The number of carbonyl (C=O) groups is 3. The van der Waals surface area contributed by atoms with Gasteiger partial charge in [-0.3, -0.25) is 14.4 Å². The van der Waals surface area contributed by atoms with Crippen LogP contribution >= 0.6 is 0 Å². The van der Waals surface area contributed by atoms with Gasteiger partial charge in [-0.1, -0.05) is 39.0 Å². The van der Waals surface area contributed by atoms with Gasteiger partial charge in [0.15, 0.2) is 0 Å². The van der Waals surface area contributed by atoms with Gasteiger partial charge in [-0.15, -0.1) is 0 Å². The Hall–Kier alpha value is -2.37. The second kappa shape index (κ2) is 8.97. The van der Waals surface area contributed by atoms with Gasteiger partial charge in [-0.05, 0) is 42.7 Å². The number of nitrogens with one attached hydrogen (secondary N) is 1. The lowest BCUT2D eigenvalue weighted by molar-refractivity contribution is -0.140. The summed E-state index contributed by atoms with van der Waals surface area (Å²) in [5, 5.41) is 3.13. The van der Waals surface area contributed by atoms with Gasteiger partial charge in [0, 0.05) is 43.7 Å². The zero-order valence-electron chi connectivity index (χ0n) is 17.8. The Morgan fingerprint density at radius 1 is 0.966 bits per heavy atom. The molecule has 6 nitrogen and oxygen atoms in total. The summed E-state index contributed by atoms with van der Waals surface area (Å²) in [6.45, 7) is 8.88. The van der Waals surface area contributed by atoms with Crippen molar-refractivity contribution in [3.05, 3.63) is 29.8 Å². The summed E-state index contributed by atoms with van der Waals surface area (Å²) >= 11 is 0. The summed E-state index contributed by atoms with van der Waals surface area (Å²) in [7, 11) is 0. The van der Waals surface area contributed by atoms with Crippen LogP contribution in [0.3, 0.4) is 0 Å². The Morgan fingerprint density at radius 3 is 2.14 bits per heavy atom. The van der Waals surface area contributed by atoms with Crippen LogP contribution in [0, 0.1) is 11.8 Å². The fraction of sp³-hybridized carbons (Fsp3) is 0.609. The van der Waals surface area contributed by atoms with Crippen LogP contribution in [0.25, 0.3) is 0 Å². The Kier molecular flexibility index (Phi) is 6.60. The van der Waals surface area contributed by atoms with Crippen LogP contribution < -0.4 is 5.32 Å². The van der Waals surface area contributed by atoms with E-state index in [1.807, 2.05) is 23.1 Å². The normalized spacial score (nSPS) is 22.9. The molecule has 0 aromatic heterocycles. The van der Waals surface area contributed by atoms with Crippen molar-refractivity contribution < 1.29 is 14.4 Å². The van der Waals surface area contributed by atoms with Gasteiger partial charge in [0.05, 0.1) is 0 Å². The van der Waals surface area contributed by atoms with E-state index in [2.05, 4.69) is 32.2 Å². The molecule has 158 valence electrons. The molecule has 1 saturated carbocycles. The number of piperazine rings is 1. The molecule has 0 spiro atoms. The molecular weight excluding hydrogens is 366 g/mol. The van der Waals surface area contributed by atoms with E-state index in [4.69, 9.17) is 0 Å². The molecule has 1 saturated heterocycles. The highest BCUT2D eigenvalue weighted by Gasteiger charge is 2.33. The zero-order valence-corrected chi connectivity index (χ0v) is 17.8. The molecule has 3 amide bonds. The van der Waals surface area contributed by atoms with E-state index in [1.165, 1.54) is 0 Å². The van der Waals surface area contributed by atoms with Crippen LogP contribution in [0.5, 0.6) is 0 Å². The first-order valence-electron chi connectivity index (χ1n) is 10.7. The number of benzene rings is 1. The predicted molar refractivity (Wildman–Crippen MR) is 113 cm³/mol. The van der Waals surface area contributed by atoms with E-state index >= 15 is 0 Å². The van der Waals surface area contributed by atoms with Crippen molar-refractivity contribution in [3.8, 4) is 0 Å². The lowest BCUT2D eigenvalue weighted by atomic mass is 9.80. The van der Waals surface area contributed by atoms with Crippen molar-refractivity contribution in [2.75, 3.05) is 31.5 Å². The lowest BCUT2D eigenvalue weighted by Crippen LogP contribution is -2.50. The van der Waals surface area contributed by atoms with Crippen molar-refractivity contribution in [1.82, 2.24) is 9.80 Å². The minimum atomic E-state index is -0.0426. The van der Waals surface area contributed by atoms with E-state index in [9.17, 15) is 14.4 Å². The van der Waals surface area contributed by atoms with E-state index in [1.54, 1.807) is 4.90 Å². The maximum atomic E-state index is 12.8. The first-order valence-corrected chi connectivity index (χ1v) is 10.7. The molecule has 1 aromatic rings. The summed E-state index contributed by atoms with van der Waals surface area (Å²) in [5.74, 6) is 0.211. The van der Waals surface area contributed by atoms with Gasteiger partial charge >= 0.3 is 0 Å². The standard InChI is InChI=1S/C23H33N3O3/c1-23(2,3)19-6-4-5-7-20(19)24-21(28)17-8-10-18(11-9-17)22(29)26-14-12-25(16-27)13-15-26/h4-7,16-18H,8-15H2,1-3H3,(H,24,28). The second-order valence-electron chi connectivity index (χ2n) is 9.30. The van der Waals surface area contributed by atoms with Crippen LogP contribution in [-0.4, -0.2) is 54.2 Å². The maximum Gasteiger partial charge on any atom is 0.227 e. The first-order chi connectivity index (χ1) is 13.8. The molecule has 1 aliphatic carbocycles. The third-order valence-corrected chi connectivity index (χ3v) is 6.22. The van der Waals surface area contributed by atoms with Crippen molar-refractivity contribution in [2.24, 2.45) is 11.8 Å². The molecule has 1 heterocycles. The zero-order chi connectivity index (χ0) is 21.0. The van der Waals surface area contributed by atoms with Gasteiger partial charge in [0.25, 0.3) is 0 Å². The molecule has 3 rings (SSSR count). The number of nitrogens with zero attached hydrogens (tertiary/aromatic N) is 2. The van der Waals surface area contributed by atoms with Crippen LogP contribution in [0.4, 0.5) is 5.69 Å². The van der Waals surface area contributed by atoms with Gasteiger partial charge in [0.1, 0.15) is 0 Å². The number of para-hydroxylation sites is 1. The average Bonchev–Trinajstić information content (AvgIpc) is 2.73. The summed E-state index contributed by atoms with van der Waals surface area (Å²) in [5.41, 5.74) is 1.98. The Labute approximate surface area is 173 Å². The fourth-order valence-electron chi connectivity index (χ4n) is 4.39. The number of hydrogen-bond acceptors (Lipinski definition) is 3. The summed E-state index contributed by atoms with van der Waals surface area (Å²) in [6.07, 6.45) is 3.85. The van der Waals surface area contributed by atoms with Crippen LogP contribution in [0.15, 0.2) is 24.3 Å². The highest BCUT2D eigenvalue weighted by Crippen LogP contribution is 2.33. The summed E-state index contributed by atoms with van der Waals surface area (Å²) in [6, 6.07) is 7.98. The van der Waals surface area contributed by atoms with E-state index in [0.29, 0.717) is 26.2 Å². The fourth-order valence-corrected chi connectivity index (χ4v) is 4.39. The molecule has 29 heavy (non-hydrogen) atoms. The highest BCUT2D eigenvalue weighted by atomic mass is 16.2. The lowest BCUT2D eigenvalue weighted by Gasteiger charge is -2.36. The minimum absolute atomic E-state index is 0.00342. The predicted octanol–water partition coefficient (Wildman–Crippen LogP) is 3.03. The third kappa shape index (κ3) is 5.17. The Bertz CT molecular complexity index is 740. The van der Waals surface area contributed by atoms with Crippen LogP contribution in [-0.2, 0) is 19.8 Å². The molecule has 1 N–H and O–H groups in total. The number of anilines is 1. The summed E-state index contributed by atoms with van der Waals surface area (Å²) in [4.78, 5) is 40.1. The van der Waals surface area contributed by atoms with Crippen molar-refractivity contribution in [2.45, 2.75) is 51.9 Å². The van der Waals surface area contributed by atoms with Crippen molar-refractivity contribution >= 4 is 23.9 Å². The number of hydrogen-bond donors (Lipinski definition) is 1. The van der Waals surface area contributed by atoms with E-state index in [-0.39, 0.29) is 29.1 Å². The SMILES string of the molecule is CC(C)(C)c1ccccc1NC(=O)C1CCC(C(=O)N2CCN(C=O)CC2)CC1. The number of carbonyl (C=O) groups excluding carboxylic acids is 3. The largest absolute Gasteiger partial charge is 0.342 e. The molecule has 0 atom stereocenters. The second-order valence-corrected chi connectivity index (χ2v) is 9.30. The Balaban J connectivity index is 1.53. The molecule has 2 fully saturated rings. The monoisotopic (exact) mass is 399 g/mol. The van der Waals surface area contributed by atoms with Crippen LogP contribution in [0.2, 0.25) is 0 Å². The molecule has 1 aromatic carbocycles. The molecule has 0 bridgehead atoms. The molecule has 0 radical (unpaired) electrons. The number of rotatable bonds is 4. The van der Waals surface area contributed by atoms with Gasteiger partial charge in [-0.25, -0.2) is 0 Å². The summed E-state index contributed by atoms with van der Waals surface area (Å²) < 4.78 is 0. The maximum absolute atomic E-state index is 12.8. The van der Waals surface area contributed by atoms with E-state index in [0.717, 1.165) is 43.3 Å². The van der Waals surface area contributed by atoms with Crippen molar-refractivity contribution in [3.63, 3.8) is 0 Å². The minimum Gasteiger partial charge on any atom is -0.342 e. The molecular formula is C23H33N3O3. The molecule has 1 aliphatic heterocycles. The highest BCUT2D eigenvalue weighted by molar-refractivity contribution is 5.93. The van der Waals surface area contributed by atoms with Gasteiger partial charge < -0.3 is 15.1 Å². The van der Waals surface area contributed by atoms with E-state index < -0.39 is 0 Å². The smallest absolute Gasteiger partial charge is 0.227 e. The molecule has 2 aliphatic rings. The first kappa shape index (κ1) is 21.3. The quantitative estimate of drug-likeness (QED) is 0.791. The van der Waals surface area contributed by atoms with Gasteiger partial charge in [0.2, 0.25) is 18.2 Å². The number of amides is 3. The topological polar surface area (TPSA) is 69.7 Å². The average molecular weight is 400 g/mol. The Morgan fingerprint density at radius 2 is 1.55 bits per heavy atom. The molecule has 6 heteroatoms. The van der Waals surface area contributed by atoms with Crippen LogP contribution in [0.1, 0.15) is 52.0 Å². The van der Waals surface area contributed by atoms with Crippen molar-refractivity contribution in [1.29, 1.82) is 0 Å². The third-order valence-electron chi connectivity index (χ3n) is 6.22. The van der Waals surface area contributed by atoms with Gasteiger partial charge in [-0.2, -0.15) is 0 Å².